The largest absolute Gasteiger partial charge is 0.545 e. The number of hydrogen-bond donors (Lipinski definition) is 0. The Morgan fingerprint density at radius 1 is 1.33 bits per heavy atom. The van der Waals surface area contributed by atoms with Crippen molar-refractivity contribution >= 4 is 5.97 Å². The molecule has 0 aliphatic rings. The third kappa shape index (κ3) is 4.05. The smallest absolute Gasteiger partial charge is 0.275 e. The van der Waals surface area contributed by atoms with E-state index in [1.54, 1.807) is 0 Å². The lowest BCUT2D eigenvalue weighted by Crippen LogP contribution is -2.24. The van der Waals surface area contributed by atoms with Crippen LogP contribution in [0.2, 0.25) is 0 Å². The second kappa shape index (κ2) is 5.69. The maximum Gasteiger partial charge on any atom is 0.275 e. The predicted molar refractivity (Wildman–Crippen MR) is 38.4 cm³/mol. The topological polar surface area (TPSA) is 40.1 Å². The third-order valence-corrected chi connectivity index (χ3v) is 1.50. The lowest BCUT2D eigenvalue weighted by Gasteiger charge is -2.05. The molecule has 0 spiro atoms. The van der Waals surface area contributed by atoms with Gasteiger partial charge in [0.25, 0.3) is 6.08 Å². The van der Waals surface area contributed by atoms with E-state index in [2.05, 4.69) is 0 Å². The quantitative estimate of drug-likeness (QED) is 0.471. The van der Waals surface area contributed by atoms with Gasteiger partial charge in [-0.3, -0.25) is 0 Å². The van der Waals surface area contributed by atoms with E-state index < -0.39 is 17.6 Å². The fraction of sp³-hybridized carbons (Fsp3) is 0.625. The summed E-state index contributed by atoms with van der Waals surface area (Å²) in [7, 11) is 0. The van der Waals surface area contributed by atoms with Crippen molar-refractivity contribution in [1.29, 1.82) is 0 Å². The molecule has 0 heterocycles. The van der Waals surface area contributed by atoms with Gasteiger partial charge < -0.3 is 9.90 Å². The van der Waals surface area contributed by atoms with Crippen LogP contribution in [0.3, 0.4) is 0 Å². The molecule has 0 aromatic rings. The summed E-state index contributed by atoms with van der Waals surface area (Å²) in [6, 6.07) is 0. The SMILES string of the molecule is CCCCCC(C(=O)[O-])=C(F)F. The highest BCUT2D eigenvalue weighted by Crippen LogP contribution is 2.14. The van der Waals surface area contributed by atoms with Crippen molar-refractivity contribution in [1.82, 2.24) is 0 Å². The Morgan fingerprint density at radius 2 is 1.92 bits per heavy atom. The molecule has 0 amide bonds. The normalized spacial score (nSPS) is 9.58. The van der Waals surface area contributed by atoms with E-state index in [4.69, 9.17) is 0 Å². The zero-order valence-corrected chi connectivity index (χ0v) is 6.90. The molecule has 12 heavy (non-hydrogen) atoms. The Balaban J connectivity index is 4.00. The van der Waals surface area contributed by atoms with Gasteiger partial charge in [0.05, 0.1) is 5.97 Å². The Hall–Kier alpha value is -0.930. The maximum absolute atomic E-state index is 11.8. The van der Waals surface area contributed by atoms with Crippen molar-refractivity contribution in [3.63, 3.8) is 0 Å². The van der Waals surface area contributed by atoms with E-state index >= 15 is 0 Å². The zero-order valence-electron chi connectivity index (χ0n) is 6.90. The second-order valence-electron chi connectivity index (χ2n) is 2.48. The second-order valence-corrected chi connectivity index (χ2v) is 2.48. The minimum atomic E-state index is -2.13. The van der Waals surface area contributed by atoms with E-state index in [1.807, 2.05) is 6.92 Å². The van der Waals surface area contributed by atoms with E-state index in [-0.39, 0.29) is 6.42 Å². The van der Waals surface area contributed by atoms with Gasteiger partial charge in [0.15, 0.2) is 0 Å². The highest BCUT2D eigenvalue weighted by molar-refractivity contribution is 5.84. The number of halogens is 2. The van der Waals surface area contributed by atoms with Crippen LogP contribution >= 0.6 is 0 Å². The van der Waals surface area contributed by atoms with E-state index in [0.717, 1.165) is 12.8 Å². The summed E-state index contributed by atoms with van der Waals surface area (Å²) in [5, 5.41) is 10.1. The molecule has 2 nitrogen and oxygen atoms in total. The van der Waals surface area contributed by atoms with E-state index in [9.17, 15) is 18.7 Å². The van der Waals surface area contributed by atoms with Gasteiger partial charge in [0.2, 0.25) is 0 Å². The van der Waals surface area contributed by atoms with Crippen LogP contribution in [0.25, 0.3) is 0 Å². The van der Waals surface area contributed by atoms with Crippen molar-refractivity contribution in [3.8, 4) is 0 Å². The molecule has 70 valence electrons. The lowest BCUT2D eigenvalue weighted by atomic mass is 10.1. The summed E-state index contributed by atoms with van der Waals surface area (Å²) in [5.41, 5.74) is -0.858. The number of carboxylic acids is 1. The molecule has 0 rings (SSSR count). The lowest BCUT2D eigenvalue weighted by molar-refractivity contribution is -0.299. The van der Waals surface area contributed by atoms with E-state index in [0.29, 0.717) is 6.42 Å². The molecule has 0 N–H and O–H groups in total. The van der Waals surface area contributed by atoms with Crippen LogP contribution in [0.1, 0.15) is 32.6 Å². The highest BCUT2D eigenvalue weighted by Gasteiger charge is 2.06. The van der Waals surface area contributed by atoms with Crippen LogP contribution in [0, 0.1) is 0 Å². The number of carbonyl (C=O) groups excluding carboxylic acids is 1. The minimum Gasteiger partial charge on any atom is -0.545 e. The van der Waals surface area contributed by atoms with Gasteiger partial charge in [-0.2, -0.15) is 8.78 Å². The Labute approximate surface area is 69.9 Å². The van der Waals surface area contributed by atoms with Crippen molar-refractivity contribution in [2.75, 3.05) is 0 Å². The summed E-state index contributed by atoms with van der Waals surface area (Å²) in [4.78, 5) is 10.1. The average Bonchev–Trinajstić information content (AvgIpc) is 1.96. The number of carboxylic acid groups (broad SMARTS) is 1. The minimum absolute atomic E-state index is 0.0987. The van der Waals surface area contributed by atoms with E-state index in [1.165, 1.54) is 0 Å². The summed E-state index contributed by atoms with van der Waals surface area (Å²) >= 11 is 0. The fourth-order valence-electron chi connectivity index (χ4n) is 0.825. The first kappa shape index (κ1) is 11.1. The van der Waals surface area contributed by atoms with Gasteiger partial charge in [-0.05, 0) is 12.8 Å². The average molecular weight is 177 g/mol. The van der Waals surface area contributed by atoms with Crippen LogP contribution in [0.15, 0.2) is 11.7 Å². The number of carbonyl (C=O) groups is 1. The number of hydrogen-bond acceptors (Lipinski definition) is 2. The van der Waals surface area contributed by atoms with Crippen LogP contribution in [0.4, 0.5) is 8.78 Å². The summed E-state index contributed by atoms with van der Waals surface area (Å²) in [6.07, 6.45) is -0.139. The third-order valence-electron chi connectivity index (χ3n) is 1.50. The van der Waals surface area contributed by atoms with Crippen LogP contribution in [-0.4, -0.2) is 5.97 Å². The molecule has 0 saturated heterocycles. The van der Waals surface area contributed by atoms with Crippen molar-refractivity contribution in [2.45, 2.75) is 32.6 Å². The number of unbranched alkanes of at least 4 members (excludes halogenated alkanes) is 2. The van der Waals surface area contributed by atoms with Crippen LogP contribution < -0.4 is 5.11 Å². The van der Waals surface area contributed by atoms with Gasteiger partial charge in [0, 0.05) is 5.57 Å². The molecule has 0 bridgehead atoms. The van der Waals surface area contributed by atoms with Gasteiger partial charge in [0.1, 0.15) is 0 Å². The van der Waals surface area contributed by atoms with Crippen LogP contribution in [0.5, 0.6) is 0 Å². The molecule has 0 aromatic heterocycles. The summed E-state index contributed by atoms with van der Waals surface area (Å²) < 4.78 is 23.7. The standard InChI is InChI=1S/C8H12F2O2/c1-2-3-4-5-6(7(9)10)8(11)12/h2-5H2,1H3,(H,11,12)/p-1. The van der Waals surface area contributed by atoms with Crippen molar-refractivity contribution in [3.05, 3.63) is 11.7 Å². The molecule has 0 aliphatic heterocycles. The van der Waals surface area contributed by atoms with Crippen LogP contribution in [-0.2, 0) is 4.79 Å². The Bertz CT molecular complexity index is 183. The molecular formula is C8H11F2O2-. The summed E-state index contributed by atoms with van der Waals surface area (Å²) in [5.74, 6) is -1.76. The molecule has 0 fully saturated rings. The molecule has 4 heteroatoms. The molecule has 0 radical (unpaired) electrons. The predicted octanol–water partition coefficient (Wildman–Crippen LogP) is 1.47. The first-order chi connectivity index (χ1) is 5.59. The highest BCUT2D eigenvalue weighted by atomic mass is 19.3. The first-order valence-electron chi connectivity index (χ1n) is 3.85. The molecule has 0 unspecified atom stereocenters. The van der Waals surface area contributed by atoms with Gasteiger partial charge in [-0.15, -0.1) is 0 Å². The Morgan fingerprint density at radius 3 is 2.25 bits per heavy atom. The zero-order chi connectivity index (χ0) is 9.56. The van der Waals surface area contributed by atoms with Crippen molar-refractivity contribution < 1.29 is 18.7 Å². The molecule has 0 aromatic carbocycles. The van der Waals surface area contributed by atoms with Gasteiger partial charge in [-0.1, -0.05) is 19.8 Å². The van der Waals surface area contributed by atoms with Gasteiger partial charge in [-0.25, -0.2) is 0 Å². The fourth-order valence-corrected chi connectivity index (χ4v) is 0.825. The molecule has 0 atom stereocenters. The number of rotatable bonds is 5. The molecule has 0 aliphatic carbocycles. The monoisotopic (exact) mass is 177 g/mol. The van der Waals surface area contributed by atoms with Gasteiger partial charge >= 0.3 is 0 Å². The van der Waals surface area contributed by atoms with Crippen molar-refractivity contribution in [2.24, 2.45) is 0 Å². The Kier molecular flexibility index (Phi) is 5.25. The molecular weight excluding hydrogens is 166 g/mol. The maximum atomic E-state index is 11.8. The first-order valence-corrected chi connectivity index (χ1v) is 3.85. The summed E-state index contributed by atoms with van der Waals surface area (Å²) in [6.45, 7) is 1.91. The molecule has 0 saturated carbocycles. The number of aliphatic carboxylic acids is 1.